The van der Waals surface area contributed by atoms with Crippen LogP contribution in [0, 0.1) is 5.92 Å². The number of carbonyl (C=O) groups excluding carboxylic acids is 1. The van der Waals surface area contributed by atoms with Crippen LogP contribution in [0.15, 0.2) is 27.4 Å². The number of hydrogen-bond acceptors (Lipinski definition) is 6. The minimum absolute atomic E-state index is 0.0861. The summed E-state index contributed by atoms with van der Waals surface area (Å²) in [5, 5.41) is 14.0. The van der Waals surface area contributed by atoms with Crippen LogP contribution in [0.3, 0.4) is 0 Å². The Balaban J connectivity index is 1.41. The molecule has 1 amide bonds. The number of piperidine rings is 1. The Morgan fingerprint density at radius 3 is 3.16 bits per heavy atom. The van der Waals surface area contributed by atoms with Gasteiger partial charge in [-0.05, 0) is 36.5 Å². The van der Waals surface area contributed by atoms with Crippen LogP contribution in [-0.4, -0.2) is 49.5 Å². The third-order valence-corrected chi connectivity index (χ3v) is 4.57. The van der Waals surface area contributed by atoms with Crippen molar-refractivity contribution in [1.29, 1.82) is 0 Å². The molecule has 1 atom stereocenters. The molecule has 1 fully saturated rings. The largest absolute Gasteiger partial charge is 0.417 e. The van der Waals surface area contributed by atoms with Crippen LogP contribution < -0.4 is 5.76 Å². The van der Waals surface area contributed by atoms with Gasteiger partial charge < -0.3 is 9.32 Å². The summed E-state index contributed by atoms with van der Waals surface area (Å²) in [5.74, 6) is 0.637. The number of rotatable bonds is 4. The van der Waals surface area contributed by atoms with Crippen molar-refractivity contribution < 1.29 is 9.21 Å². The van der Waals surface area contributed by atoms with Crippen molar-refractivity contribution in [3.63, 3.8) is 0 Å². The molecule has 9 nitrogen and oxygen atoms in total. The fourth-order valence-corrected chi connectivity index (χ4v) is 3.38. The van der Waals surface area contributed by atoms with Gasteiger partial charge in [0.1, 0.15) is 0 Å². The average Bonchev–Trinajstić information content (AvgIpc) is 3.23. The molecule has 25 heavy (non-hydrogen) atoms. The van der Waals surface area contributed by atoms with Crippen molar-refractivity contribution in [3.8, 4) is 0 Å². The molecular weight excluding hydrogens is 324 g/mol. The van der Waals surface area contributed by atoms with E-state index in [-0.39, 0.29) is 5.91 Å². The lowest BCUT2D eigenvalue weighted by Crippen LogP contribution is -2.41. The maximum atomic E-state index is 12.6. The fourth-order valence-electron chi connectivity index (χ4n) is 3.38. The van der Waals surface area contributed by atoms with Gasteiger partial charge in [0.15, 0.2) is 11.4 Å². The Hall–Kier alpha value is -2.97. The SMILES string of the molecule is O=C(Cc1ccc2oc(=O)[nH]c2c1)N1CCCC(Cc2nn[nH]n2)C1. The standard InChI is InChI=1S/C16H18N6O3/c23-15(8-10-3-4-13-12(6-10)17-16(24)25-13)22-5-1-2-11(9-22)7-14-18-20-21-19-14/h3-4,6,11H,1-2,5,7-9H2,(H,17,24)(H,18,19,20,21). The summed E-state index contributed by atoms with van der Waals surface area (Å²) in [6, 6.07) is 5.32. The Bertz CT molecular complexity index is 929. The molecule has 1 aliphatic heterocycles. The molecule has 1 saturated heterocycles. The highest BCUT2D eigenvalue weighted by Crippen LogP contribution is 2.21. The number of carbonyl (C=O) groups is 1. The Kier molecular flexibility index (Phi) is 4.04. The average molecular weight is 342 g/mol. The number of oxazole rings is 1. The number of likely N-dealkylation sites (tertiary alicyclic amines) is 1. The predicted molar refractivity (Wildman–Crippen MR) is 87.7 cm³/mol. The zero-order chi connectivity index (χ0) is 17.2. The van der Waals surface area contributed by atoms with E-state index in [1.807, 2.05) is 11.0 Å². The number of benzene rings is 1. The van der Waals surface area contributed by atoms with Crippen LogP contribution in [-0.2, 0) is 17.6 Å². The highest BCUT2D eigenvalue weighted by molar-refractivity contribution is 5.81. The zero-order valence-electron chi connectivity index (χ0n) is 13.6. The number of amides is 1. The van der Waals surface area contributed by atoms with E-state index >= 15 is 0 Å². The lowest BCUT2D eigenvalue weighted by molar-refractivity contribution is -0.132. The molecule has 1 unspecified atom stereocenters. The van der Waals surface area contributed by atoms with Gasteiger partial charge in [-0.15, -0.1) is 10.2 Å². The van der Waals surface area contributed by atoms with Crippen LogP contribution in [0.2, 0.25) is 0 Å². The molecule has 0 radical (unpaired) electrons. The van der Waals surface area contributed by atoms with Crippen molar-refractivity contribution in [2.45, 2.75) is 25.7 Å². The summed E-state index contributed by atoms with van der Waals surface area (Å²) in [4.78, 5) is 28.4. The number of aromatic amines is 2. The first-order valence-corrected chi connectivity index (χ1v) is 8.29. The second-order valence-corrected chi connectivity index (χ2v) is 6.40. The number of nitrogens with one attached hydrogen (secondary N) is 2. The van der Waals surface area contributed by atoms with Crippen LogP contribution in [0.4, 0.5) is 0 Å². The molecule has 3 aromatic rings. The summed E-state index contributed by atoms with van der Waals surface area (Å²) < 4.78 is 4.98. The molecule has 3 heterocycles. The monoisotopic (exact) mass is 342 g/mol. The Morgan fingerprint density at radius 2 is 2.32 bits per heavy atom. The third kappa shape index (κ3) is 3.44. The molecular formula is C16H18N6O3. The summed E-state index contributed by atoms with van der Waals surface area (Å²) >= 11 is 0. The summed E-state index contributed by atoms with van der Waals surface area (Å²) in [6.45, 7) is 1.48. The topological polar surface area (TPSA) is 121 Å². The van der Waals surface area contributed by atoms with Gasteiger partial charge in [-0.25, -0.2) is 4.79 Å². The number of H-pyrrole nitrogens is 2. The molecule has 0 aliphatic carbocycles. The number of aromatic nitrogens is 5. The van der Waals surface area contributed by atoms with Crippen molar-refractivity contribution in [2.24, 2.45) is 5.92 Å². The summed E-state index contributed by atoms with van der Waals surface area (Å²) in [6.07, 6.45) is 3.06. The highest BCUT2D eigenvalue weighted by Gasteiger charge is 2.25. The van der Waals surface area contributed by atoms with Crippen LogP contribution in [0.1, 0.15) is 24.2 Å². The number of fused-ring (bicyclic) bond motifs is 1. The molecule has 130 valence electrons. The highest BCUT2D eigenvalue weighted by atomic mass is 16.4. The van der Waals surface area contributed by atoms with Crippen molar-refractivity contribution in [2.75, 3.05) is 13.1 Å². The second kappa shape index (κ2) is 6.50. The van der Waals surface area contributed by atoms with E-state index < -0.39 is 5.76 Å². The first-order valence-electron chi connectivity index (χ1n) is 8.29. The lowest BCUT2D eigenvalue weighted by atomic mass is 9.94. The minimum Gasteiger partial charge on any atom is -0.408 e. The summed E-state index contributed by atoms with van der Waals surface area (Å²) in [5.41, 5.74) is 1.97. The van der Waals surface area contributed by atoms with Gasteiger partial charge in [0.25, 0.3) is 0 Å². The number of tetrazole rings is 1. The summed E-state index contributed by atoms with van der Waals surface area (Å²) in [7, 11) is 0. The zero-order valence-corrected chi connectivity index (χ0v) is 13.6. The van der Waals surface area contributed by atoms with E-state index in [4.69, 9.17) is 4.42 Å². The van der Waals surface area contributed by atoms with Gasteiger partial charge in [0.2, 0.25) is 5.91 Å². The molecule has 0 spiro atoms. The van der Waals surface area contributed by atoms with Gasteiger partial charge in [0.05, 0.1) is 11.9 Å². The molecule has 1 aliphatic rings. The predicted octanol–water partition coefficient (Wildman–Crippen LogP) is 0.658. The van der Waals surface area contributed by atoms with E-state index in [1.165, 1.54) is 0 Å². The Morgan fingerprint density at radius 1 is 1.40 bits per heavy atom. The first kappa shape index (κ1) is 15.6. The lowest BCUT2D eigenvalue weighted by Gasteiger charge is -2.32. The Labute approximate surface area is 142 Å². The molecule has 0 saturated carbocycles. The van der Waals surface area contributed by atoms with E-state index in [0.29, 0.717) is 35.8 Å². The normalized spacial score (nSPS) is 17.9. The maximum absolute atomic E-state index is 12.6. The molecule has 1 aromatic carbocycles. The first-order chi connectivity index (χ1) is 12.2. The molecule has 4 rings (SSSR count). The molecule has 2 aromatic heterocycles. The van der Waals surface area contributed by atoms with Gasteiger partial charge in [-0.2, -0.15) is 5.21 Å². The molecule has 2 N–H and O–H groups in total. The van der Waals surface area contributed by atoms with Crippen molar-refractivity contribution in [3.05, 3.63) is 40.1 Å². The fraction of sp³-hybridized carbons (Fsp3) is 0.438. The van der Waals surface area contributed by atoms with E-state index in [2.05, 4.69) is 25.6 Å². The molecule has 0 bridgehead atoms. The number of hydrogen-bond donors (Lipinski definition) is 2. The van der Waals surface area contributed by atoms with E-state index in [1.54, 1.807) is 12.1 Å². The van der Waals surface area contributed by atoms with Crippen molar-refractivity contribution in [1.82, 2.24) is 30.5 Å². The smallest absolute Gasteiger partial charge is 0.408 e. The second-order valence-electron chi connectivity index (χ2n) is 6.40. The van der Waals surface area contributed by atoms with Gasteiger partial charge >= 0.3 is 5.76 Å². The van der Waals surface area contributed by atoms with Crippen LogP contribution >= 0.6 is 0 Å². The quantitative estimate of drug-likeness (QED) is 0.718. The van der Waals surface area contributed by atoms with Gasteiger partial charge in [-0.1, -0.05) is 11.3 Å². The van der Waals surface area contributed by atoms with E-state index in [9.17, 15) is 9.59 Å². The van der Waals surface area contributed by atoms with E-state index in [0.717, 1.165) is 31.4 Å². The van der Waals surface area contributed by atoms with Gasteiger partial charge in [-0.3, -0.25) is 9.78 Å². The minimum atomic E-state index is -0.487. The van der Waals surface area contributed by atoms with Crippen LogP contribution in [0.5, 0.6) is 0 Å². The number of nitrogens with zero attached hydrogens (tertiary/aromatic N) is 4. The van der Waals surface area contributed by atoms with Crippen molar-refractivity contribution >= 4 is 17.0 Å². The van der Waals surface area contributed by atoms with Gasteiger partial charge in [0, 0.05) is 19.5 Å². The third-order valence-electron chi connectivity index (χ3n) is 4.57. The maximum Gasteiger partial charge on any atom is 0.417 e. The van der Waals surface area contributed by atoms with Crippen LogP contribution in [0.25, 0.3) is 11.1 Å². The molecule has 9 heteroatoms.